The van der Waals surface area contributed by atoms with E-state index in [4.69, 9.17) is 5.11 Å². The Labute approximate surface area is 124 Å². The van der Waals surface area contributed by atoms with Crippen LogP contribution in [0, 0.1) is 0 Å². The lowest BCUT2D eigenvalue weighted by molar-refractivity contribution is -0.123. The Morgan fingerprint density at radius 1 is 1.50 bits per heavy atom. The number of nitrogens with one attached hydrogen (secondary N) is 1. The van der Waals surface area contributed by atoms with Crippen molar-refractivity contribution in [3.05, 3.63) is 22.4 Å². The van der Waals surface area contributed by atoms with Gasteiger partial charge in [-0.1, -0.05) is 12.5 Å². The highest BCUT2D eigenvalue weighted by molar-refractivity contribution is 7.09. The second-order valence-electron chi connectivity index (χ2n) is 5.31. The summed E-state index contributed by atoms with van der Waals surface area (Å²) in [5.41, 5.74) is 0. The van der Waals surface area contributed by atoms with Crippen molar-refractivity contribution in [2.45, 2.75) is 38.1 Å². The van der Waals surface area contributed by atoms with Crippen LogP contribution in [-0.4, -0.2) is 48.2 Å². The van der Waals surface area contributed by atoms with Gasteiger partial charge in [0.2, 0.25) is 5.91 Å². The Morgan fingerprint density at radius 2 is 2.40 bits per heavy atom. The molecule has 1 atom stereocenters. The molecule has 1 saturated heterocycles. The first kappa shape index (κ1) is 15.5. The van der Waals surface area contributed by atoms with Crippen LogP contribution >= 0.6 is 11.3 Å². The van der Waals surface area contributed by atoms with Crippen LogP contribution < -0.4 is 5.32 Å². The highest BCUT2D eigenvalue weighted by Gasteiger charge is 2.23. The molecule has 1 aliphatic heterocycles. The number of hydrogen-bond acceptors (Lipinski definition) is 4. The molecule has 112 valence electrons. The van der Waals surface area contributed by atoms with E-state index in [1.54, 1.807) is 11.3 Å². The van der Waals surface area contributed by atoms with Gasteiger partial charge in [0.05, 0.1) is 6.54 Å². The van der Waals surface area contributed by atoms with Gasteiger partial charge in [-0.2, -0.15) is 0 Å². The Bertz CT molecular complexity index is 393. The van der Waals surface area contributed by atoms with Gasteiger partial charge in [-0.25, -0.2) is 0 Å². The van der Waals surface area contributed by atoms with Crippen LogP contribution in [0.1, 0.15) is 30.6 Å². The number of aliphatic hydroxyl groups excluding tert-OH is 1. The Balaban J connectivity index is 1.69. The zero-order valence-corrected chi connectivity index (χ0v) is 12.7. The minimum absolute atomic E-state index is 0.103. The van der Waals surface area contributed by atoms with Gasteiger partial charge in [-0.3, -0.25) is 9.69 Å². The molecule has 2 rings (SSSR count). The summed E-state index contributed by atoms with van der Waals surface area (Å²) in [5, 5.41) is 14.1. The Hall–Kier alpha value is -0.910. The molecule has 4 nitrogen and oxygen atoms in total. The number of rotatable bonds is 7. The summed E-state index contributed by atoms with van der Waals surface area (Å²) >= 11 is 1.73. The average Bonchev–Trinajstić information content (AvgIpc) is 2.94. The zero-order valence-electron chi connectivity index (χ0n) is 11.9. The van der Waals surface area contributed by atoms with Gasteiger partial charge >= 0.3 is 0 Å². The van der Waals surface area contributed by atoms with E-state index >= 15 is 0 Å². The van der Waals surface area contributed by atoms with Crippen molar-refractivity contribution in [2.24, 2.45) is 0 Å². The van der Waals surface area contributed by atoms with E-state index < -0.39 is 0 Å². The SMILES string of the molecule is O=C(CN1CCCC[C@@H]1CCO)NCCc1cccs1. The van der Waals surface area contributed by atoms with E-state index in [9.17, 15) is 4.79 Å². The summed E-state index contributed by atoms with van der Waals surface area (Å²) in [6.07, 6.45) is 5.15. The van der Waals surface area contributed by atoms with Gasteiger partial charge in [0.15, 0.2) is 0 Å². The third-order valence-corrected chi connectivity index (χ3v) is 4.77. The molecular formula is C15H24N2O2S. The molecule has 0 unspecified atom stereocenters. The van der Waals surface area contributed by atoms with E-state index in [1.807, 2.05) is 6.07 Å². The molecule has 0 bridgehead atoms. The fourth-order valence-electron chi connectivity index (χ4n) is 2.76. The highest BCUT2D eigenvalue weighted by Crippen LogP contribution is 2.18. The lowest BCUT2D eigenvalue weighted by Crippen LogP contribution is -2.46. The molecule has 2 N–H and O–H groups in total. The molecule has 0 radical (unpaired) electrons. The van der Waals surface area contributed by atoms with Crippen molar-refractivity contribution in [3.63, 3.8) is 0 Å². The second-order valence-corrected chi connectivity index (χ2v) is 6.34. The van der Waals surface area contributed by atoms with Crippen molar-refractivity contribution in [1.82, 2.24) is 10.2 Å². The number of nitrogens with zero attached hydrogens (tertiary/aromatic N) is 1. The minimum atomic E-state index is 0.103. The van der Waals surface area contributed by atoms with Crippen LogP contribution in [0.15, 0.2) is 17.5 Å². The number of carbonyl (C=O) groups excluding carboxylic acids is 1. The topological polar surface area (TPSA) is 52.6 Å². The second kappa shape index (κ2) is 8.39. The number of amides is 1. The minimum Gasteiger partial charge on any atom is -0.396 e. The van der Waals surface area contributed by atoms with Crippen LogP contribution in [-0.2, 0) is 11.2 Å². The first-order chi connectivity index (χ1) is 9.79. The molecule has 2 heterocycles. The highest BCUT2D eigenvalue weighted by atomic mass is 32.1. The van der Waals surface area contributed by atoms with Gasteiger partial charge in [-0.05, 0) is 43.7 Å². The predicted molar refractivity (Wildman–Crippen MR) is 81.9 cm³/mol. The van der Waals surface area contributed by atoms with Crippen LogP contribution in [0.5, 0.6) is 0 Å². The smallest absolute Gasteiger partial charge is 0.234 e. The first-order valence-corrected chi connectivity index (χ1v) is 8.31. The number of likely N-dealkylation sites (tertiary alicyclic amines) is 1. The van der Waals surface area contributed by atoms with Crippen molar-refractivity contribution < 1.29 is 9.90 Å². The molecule has 0 spiro atoms. The van der Waals surface area contributed by atoms with E-state index in [2.05, 4.69) is 21.7 Å². The van der Waals surface area contributed by atoms with Crippen molar-refractivity contribution in [2.75, 3.05) is 26.2 Å². The van der Waals surface area contributed by atoms with E-state index in [-0.39, 0.29) is 12.5 Å². The monoisotopic (exact) mass is 296 g/mol. The number of aliphatic hydroxyl groups is 1. The summed E-state index contributed by atoms with van der Waals surface area (Å²) in [6, 6.07) is 4.50. The van der Waals surface area contributed by atoms with Crippen molar-refractivity contribution in [3.8, 4) is 0 Å². The van der Waals surface area contributed by atoms with Gasteiger partial charge in [-0.15, -0.1) is 11.3 Å². The standard InChI is InChI=1S/C15H24N2O2S/c18-10-7-13-4-1-2-9-17(13)12-15(19)16-8-6-14-5-3-11-20-14/h3,5,11,13,18H,1-2,4,6-10,12H2,(H,16,19)/t13-/m1/s1. The van der Waals surface area contributed by atoms with Gasteiger partial charge in [0, 0.05) is 24.1 Å². The molecule has 0 aromatic carbocycles. The molecule has 1 aromatic heterocycles. The summed E-state index contributed by atoms with van der Waals surface area (Å²) < 4.78 is 0. The first-order valence-electron chi connectivity index (χ1n) is 7.43. The third kappa shape index (κ3) is 4.89. The Kier molecular flexibility index (Phi) is 6.50. The summed E-state index contributed by atoms with van der Waals surface area (Å²) in [7, 11) is 0. The van der Waals surface area contributed by atoms with Crippen LogP contribution in [0.2, 0.25) is 0 Å². The lowest BCUT2D eigenvalue weighted by Gasteiger charge is -2.34. The number of piperidine rings is 1. The lowest BCUT2D eigenvalue weighted by atomic mass is 10.00. The fourth-order valence-corrected chi connectivity index (χ4v) is 3.47. The molecular weight excluding hydrogens is 272 g/mol. The quantitative estimate of drug-likeness (QED) is 0.804. The summed E-state index contributed by atoms with van der Waals surface area (Å²) in [6.45, 7) is 2.36. The molecule has 1 fully saturated rings. The molecule has 0 aliphatic carbocycles. The third-order valence-electron chi connectivity index (χ3n) is 3.83. The number of carbonyl (C=O) groups is 1. The predicted octanol–water partition coefficient (Wildman–Crippen LogP) is 1.64. The molecule has 1 amide bonds. The molecule has 20 heavy (non-hydrogen) atoms. The van der Waals surface area contributed by atoms with E-state index in [0.29, 0.717) is 19.1 Å². The van der Waals surface area contributed by atoms with E-state index in [0.717, 1.165) is 32.2 Å². The summed E-state index contributed by atoms with van der Waals surface area (Å²) in [5.74, 6) is 0.103. The number of thiophene rings is 1. The van der Waals surface area contributed by atoms with Gasteiger partial charge in [0.25, 0.3) is 0 Å². The van der Waals surface area contributed by atoms with Crippen LogP contribution in [0.3, 0.4) is 0 Å². The van der Waals surface area contributed by atoms with Gasteiger partial charge < -0.3 is 10.4 Å². The number of hydrogen-bond donors (Lipinski definition) is 2. The van der Waals surface area contributed by atoms with Crippen molar-refractivity contribution >= 4 is 17.2 Å². The van der Waals surface area contributed by atoms with Crippen molar-refractivity contribution in [1.29, 1.82) is 0 Å². The zero-order chi connectivity index (χ0) is 14.2. The fraction of sp³-hybridized carbons (Fsp3) is 0.667. The van der Waals surface area contributed by atoms with Crippen LogP contribution in [0.25, 0.3) is 0 Å². The van der Waals surface area contributed by atoms with Gasteiger partial charge in [0.1, 0.15) is 0 Å². The summed E-state index contributed by atoms with van der Waals surface area (Å²) in [4.78, 5) is 15.5. The molecule has 0 saturated carbocycles. The largest absolute Gasteiger partial charge is 0.396 e. The maximum Gasteiger partial charge on any atom is 0.234 e. The molecule has 1 aliphatic rings. The molecule has 5 heteroatoms. The normalized spacial score (nSPS) is 19.9. The Morgan fingerprint density at radius 3 is 3.15 bits per heavy atom. The van der Waals surface area contributed by atoms with E-state index in [1.165, 1.54) is 11.3 Å². The average molecular weight is 296 g/mol. The maximum atomic E-state index is 12.0. The molecule has 1 aromatic rings. The van der Waals surface area contributed by atoms with Crippen LogP contribution in [0.4, 0.5) is 0 Å². The maximum absolute atomic E-state index is 12.0.